The third-order valence-corrected chi connectivity index (χ3v) is 0.421. The lowest BCUT2D eigenvalue weighted by Crippen LogP contribution is -2.10. The van der Waals surface area contributed by atoms with Gasteiger partial charge in [0.25, 0.3) is 0 Å². The Labute approximate surface area is 70.3 Å². The summed E-state index contributed by atoms with van der Waals surface area (Å²) < 4.78 is 0.111. The molecule has 0 aliphatic rings. The van der Waals surface area contributed by atoms with Gasteiger partial charge in [0.15, 0.2) is 0 Å². The predicted octanol–water partition coefficient (Wildman–Crippen LogP) is 1.98. The van der Waals surface area contributed by atoms with Crippen LogP contribution < -0.4 is 5.73 Å². The Bertz CT molecular complexity index is 138. The zero-order valence-corrected chi connectivity index (χ0v) is 7.17. The fourth-order valence-electron chi connectivity index (χ4n) is 0. The molecule has 4 heteroatoms. The predicted molar refractivity (Wildman–Crippen MR) is 44.9 cm³/mol. The molecule has 2 N–H and O–H groups in total. The Morgan fingerprint density at radius 3 is 1.50 bits per heavy atom. The summed E-state index contributed by atoms with van der Waals surface area (Å²) >= 11 is 9.69. The Hall–Kier alpha value is -0.470. The minimum atomic E-state index is -0.435. The summed E-state index contributed by atoms with van der Waals surface area (Å²) in [5, 5.41) is 0. The number of hydrogen-bond acceptors (Lipinski definition) is 1. The number of amides is 1. The van der Waals surface area contributed by atoms with E-state index < -0.39 is 5.91 Å². The van der Waals surface area contributed by atoms with Crippen molar-refractivity contribution in [1.82, 2.24) is 0 Å². The Morgan fingerprint density at radius 1 is 1.40 bits per heavy atom. The molecule has 0 aromatic heterocycles. The van der Waals surface area contributed by atoms with Crippen LogP contribution in [0.5, 0.6) is 0 Å². The number of hydrogen-bond donors (Lipinski definition) is 1. The molecule has 0 saturated heterocycles. The molecule has 0 spiro atoms. The van der Waals surface area contributed by atoms with Gasteiger partial charge in [-0.15, -0.1) is 0 Å². The molecule has 0 fully saturated rings. The molecule has 0 saturated carbocycles. The van der Waals surface area contributed by atoms with Gasteiger partial charge < -0.3 is 5.73 Å². The average molecular weight is 182 g/mol. The van der Waals surface area contributed by atoms with Crippen molar-refractivity contribution in [1.29, 1.82) is 0 Å². The highest BCUT2D eigenvalue weighted by atomic mass is 35.5. The van der Waals surface area contributed by atoms with E-state index in [1.54, 1.807) is 6.92 Å². The molecule has 0 aliphatic carbocycles. The number of primary amides is 1. The maximum Gasteiger partial charge on any atom is 0.243 e. The van der Waals surface area contributed by atoms with Crippen LogP contribution in [-0.4, -0.2) is 5.91 Å². The van der Waals surface area contributed by atoms with E-state index in [4.69, 9.17) is 28.9 Å². The van der Waals surface area contributed by atoms with Crippen molar-refractivity contribution in [3.8, 4) is 0 Å². The summed E-state index contributed by atoms with van der Waals surface area (Å²) in [5.74, 6) is -0.435. The van der Waals surface area contributed by atoms with Crippen LogP contribution in [0.15, 0.2) is 23.2 Å². The molecule has 0 radical (unpaired) electrons. The van der Waals surface area contributed by atoms with E-state index in [0.29, 0.717) is 5.57 Å². The fraction of sp³-hybridized carbons (Fsp3) is 0.167. The molecule has 1 amide bonds. The van der Waals surface area contributed by atoms with Gasteiger partial charge in [-0.05, 0) is 6.92 Å². The van der Waals surface area contributed by atoms with Crippen LogP contribution in [0.4, 0.5) is 0 Å². The lowest BCUT2D eigenvalue weighted by molar-refractivity contribution is -0.114. The minimum Gasteiger partial charge on any atom is -0.366 e. The molecule has 0 atom stereocenters. The minimum absolute atomic E-state index is 0.111. The van der Waals surface area contributed by atoms with Gasteiger partial charge in [0.2, 0.25) is 5.91 Å². The summed E-state index contributed by atoms with van der Waals surface area (Å²) in [7, 11) is 0. The topological polar surface area (TPSA) is 43.1 Å². The molecule has 58 valence electrons. The van der Waals surface area contributed by atoms with Crippen LogP contribution in [0.2, 0.25) is 0 Å². The maximum absolute atomic E-state index is 9.82. The Balaban J connectivity index is 0. The number of rotatable bonds is 1. The highest BCUT2D eigenvalue weighted by Crippen LogP contribution is 1.98. The van der Waals surface area contributed by atoms with Gasteiger partial charge in [-0.1, -0.05) is 36.4 Å². The number of carbonyl (C=O) groups is 1. The first kappa shape index (κ1) is 12.2. The van der Waals surface area contributed by atoms with Crippen LogP contribution in [0.1, 0.15) is 6.92 Å². The van der Waals surface area contributed by atoms with Gasteiger partial charge in [-0.25, -0.2) is 0 Å². The summed E-state index contributed by atoms with van der Waals surface area (Å²) in [5.41, 5.74) is 5.09. The first-order valence-corrected chi connectivity index (χ1v) is 3.08. The number of halogens is 2. The summed E-state index contributed by atoms with van der Waals surface area (Å²) in [4.78, 5) is 9.82. The van der Waals surface area contributed by atoms with Crippen molar-refractivity contribution in [2.75, 3.05) is 0 Å². The molecule has 0 bridgehead atoms. The van der Waals surface area contributed by atoms with E-state index in [0.717, 1.165) is 0 Å². The number of nitrogens with two attached hydrogens (primary N) is 1. The first-order chi connectivity index (χ1) is 4.37. The molecule has 0 rings (SSSR count). The lowest BCUT2D eigenvalue weighted by atomic mass is 10.3. The van der Waals surface area contributed by atoms with Crippen LogP contribution >= 0.6 is 23.2 Å². The van der Waals surface area contributed by atoms with Crippen molar-refractivity contribution >= 4 is 29.1 Å². The maximum atomic E-state index is 9.82. The van der Waals surface area contributed by atoms with Gasteiger partial charge in [0.1, 0.15) is 0 Å². The van der Waals surface area contributed by atoms with Crippen molar-refractivity contribution < 1.29 is 4.79 Å². The highest BCUT2D eigenvalue weighted by molar-refractivity contribution is 6.55. The normalized spacial score (nSPS) is 7.10. The average Bonchev–Trinajstić information content (AvgIpc) is 1.63. The zero-order chi connectivity index (χ0) is 8.73. The van der Waals surface area contributed by atoms with E-state index >= 15 is 0 Å². The molecule has 0 heterocycles. The van der Waals surface area contributed by atoms with Crippen LogP contribution in [0.3, 0.4) is 0 Å². The molecule has 0 unspecified atom stereocenters. The van der Waals surface area contributed by atoms with Gasteiger partial charge in [-0.2, -0.15) is 0 Å². The second kappa shape index (κ2) is 6.65. The second-order valence-electron chi connectivity index (χ2n) is 1.48. The molecular formula is C6H9Cl2NO. The van der Waals surface area contributed by atoms with Crippen LogP contribution in [0.25, 0.3) is 0 Å². The van der Waals surface area contributed by atoms with E-state index in [1.807, 2.05) is 0 Å². The summed E-state index contributed by atoms with van der Waals surface area (Å²) in [6, 6.07) is 0. The second-order valence-corrected chi connectivity index (χ2v) is 2.59. The molecule has 10 heavy (non-hydrogen) atoms. The van der Waals surface area contributed by atoms with Crippen molar-refractivity contribution in [2.24, 2.45) is 5.73 Å². The van der Waals surface area contributed by atoms with E-state index in [9.17, 15) is 4.79 Å². The van der Waals surface area contributed by atoms with Gasteiger partial charge in [-0.3, -0.25) is 4.79 Å². The quantitative estimate of drug-likeness (QED) is 0.619. The lowest BCUT2D eigenvalue weighted by Gasteiger charge is -1.81. The van der Waals surface area contributed by atoms with Gasteiger partial charge >= 0.3 is 0 Å². The first-order valence-electron chi connectivity index (χ1n) is 2.33. The molecule has 0 aliphatic heterocycles. The van der Waals surface area contributed by atoms with Crippen molar-refractivity contribution in [3.05, 3.63) is 23.2 Å². The molecule has 2 nitrogen and oxygen atoms in total. The number of carbonyl (C=O) groups excluding carboxylic acids is 1. The third kappa shape index (κ3) is 25.8. The fourth-order valence-corrected chi connectivity index (χ4v) is 0. The SMILES string of the molecule is C=C(C)C(N)=O.C=C(Cl)Cl. The van der Waals surface area contributed by atoms with Crippen LogP contribution in [0, 0.1) is 0 Å². The monoisotopic (exact) mass is 181 g/mol. The van der Waals surface area contributed by atoms with Gasteiger partial charge in [0.05, 0.1) is 4.49 Å². The summed E-state index contributed by atoms with van der Waals surface area (Å²) in [6.07, 6.45) is 0. The standard InChI is InChI=1S/C4H7NO.C2H2Cl2/c1-3(2)4(5)6;1-2(3)4/h1H2,2H3,(H2,5,6);1H2. The van der Waals surface area contributed by atoms with Gasteiger partial charge in [0, 0.05) is 5.57 Å². The molecule has 0 aromatic rings. The largest absolute Gasteiger partial charge is 0.366 e. The highest BCUT2D eigenvalue weighted by Gasteiger charge is 1.86. The molecular weight excluding hydrogens is 173 g/mol. The van der Waals surface area contributed by atoms with Crippen LogP contribution in [-0.2, 0) is 4.79 Å². The Morgan fingerprint density at radius 2 is 1.50 bits per heavy atom. The van der Waals surface area contributed by atoms with Crippen molar-refractivity contribution in [3.63, 3.8) is 0 Å². The third-order valence-electron chi connectivity index (χ3n) is 0.421. The summed E-state index contributed by atoms with van der Waals surface area (Å²) in [6.45, 7) is 7.94. The van der Waals surface area contributed by atoms with E-state index in [2.05, 4.69) is 13.2 Å². The van der Waals surface area contributed by atoms with E-state index in [1.165, 1.54) is 0 Å². The van der Waals surface area contributed by atoms with E-state index in [-0.39, 0.29) is 4.49 Å². The molecule has 0 aromatic carbocycles. The smallest absolute Gasteiger partial charge is 0.243 e. The van der Waals surface area contributed by atoms with Crippen molar-refractivity contribution in [2.45, 2.75) is 6.92 Å². The Kier molecular flexibility index (Phi) is 8.13. The zero-order valence-electron chi connectivity index (χ0n) is 5.66.